The molecule has 28 heavy (non-hydrogen) atoms. The van der Waals surface area contributed by atoms with Crippen molar-refractivity contribution in [2.24, 2.45) is 0 Å². The number of nitrogens with zero attached hydrogens (tertiary/aromatic N) is 3. The third-order valence-electron chi connectivity index (χ3n) is 3.92. The summed E-state index contributed by atoms with van der Waals surface area (Å²) >= 11 is 0. The molecule has 0 saturated carbocycles. The monoisotopic (exact) mass is 379 g/mol. The number of ether oxygens (including phenoxy) is 1. The van der Waals surface area contributed by atoms with Crippen molar-refractivity contribution >= 4 is 34.5 Å². The number of nitro groups is 1. The minimum atomic E-state index is -0.565. The lowest BCUT2D eigenvalue weighted by molar-refractivity contribution is -0.383. The summed E-state index contributed by atoms with van der Waals surface area (Å²) in [6.45, 7) is 1.47. The minimum absolute atomic E-state index is 0.0207. The number of aromatic nitrogens is 2. The summed E-state index contributed by atoms with van der Waals surface area (Å²) in [6.07, 6.45) is 1.22. The minimum Gasteiger partial charge on any atom is -0.495 e. The maximum atomic E-state index is 11.7. The van der Waals surface area contributed by atoms with E-state index in [1.165, 1.54) is 20.4 Å². The average molecular weight is 379 g/mol. The third kappa shape index (κ3) is 4.04. The van der Waals surface area contributed by atoms with Crippen molar-refractivity contribution in [3.05, 3.63) is 70.5 Å². The molecule has 0 fully saturated rings. The molecule has 0 atom stereocenters. The van der Waals surface area contributed by atoms with Crippen LogP contribution in [0.5, 0.6) is 5.75 Å². The van der Waals surface area contributed by atoms with E-state index in [0.717, 1.165) is 0 Å². The Morgan fingerprint density at radius 2 is 1.68 bits per heavy atom. The maximum absolute atomic E-state index is 11.7. The van der Waals surface area contributed by atoms with Crippen LogP contribution in [0.3, 0.4) is 0 Å². The lowest BCUT2D eigenvalue weighted by Crippen LogP contribution is -2.06. The fourth-order valence-corrected chi connectivity index (χ4v) is 2.54. The summed E-state index contributed by atoms with van der Waals surface area (Å²) < 4.78 is 5.26. The second-order valence-corrected chi connectivity index (χ2v) is 5.76. The number of para-hydroxylation sites is 2. The zero-order valence-corrected chi connectivity index (χ0v) is 15.2. The third-order valence-corrected chi connectivity index (χ3v) is 3.92. The molecule has 9 nitrogen and oxygen atoms in total. The lowest BCUT2D eigenvalue weighted by Gasteiger charge is -2.12. The summed E-state index contributed by atoms with van der Waals surface area (Å²) in [6, 6.07) is 13.6. The van der Waals surface area contributed by atoms with E-state index in [4.69, 9.17) is 4.74 Å². The number of ketones is 1. The number of Topliss-reactive ketones (excluding diaryl/α,β-unsaturated/α-hetero) is 1. The highest BCUT2D eigenvalue weighted by Gasteiger charge is 2.24. The number of methoxy groups -OCH3 is 1. The van der Waals surface area contributed by atoms with Crippen molar-refractivity contribution < 1.29 is 14.5 Å². The number of hydrogen-bond donors (Lipinski definition) is 2. The highest BCUT2D eigenvalue weighted by atomic mass is 16.6. The molecule has 9 heteroatoms. The molecule has 0 aliphatic carbocycles. The van der Waals surface area contributed by atoms with E-state index in [-0.39, 0.29) is 23.1 Å². The summed E-state index contributed by atoms with van der Waals surface area (Å²) in [4.78, 5) is 30.5. The van der Waals surface area contributed by atoms with Crippen LogP contribution >= 0.6 is 0 Å². The molecule has 1 aromatic heterocycles. The molecule has 2 N–H and O–H groups in total. The van der Waals surface area contributed by atoms with Crippen LogP contribution in [0, 0.1) is 10.1 Å². The summed E-state index contributed by atoms with van der Waals surface area (Å²) in [5.41, 5.74) is 1.31. The van der Waals surface area contributed by atoms with Gasteiger partial charge in [0.25, 0.3) is 0 Å². The number of carbonyl (C=O) groups is 1. The fourth-order valence-electron chi connectivity index (χ4n) is 2.54. The largest absolute Gasteiger partial charge is 0.495 e. The van der Waals surface area contributed by atoms with Gasteiger partial charge in [0.15, 0.2) is 5.78 Å². The second-order valence-electron chi connectivity index (χ2n) is 5.76. The first-order chi connectivity index (χ1) is 13.5. The SMILES string of the molecule is COc1ccccc1Nc1ncnc(Nc2ccc(C(C)=O)cc2)c1[N+](=O)[O-]. The normalized spacial score (nSPS) is 10.2. The van der Waals surface area contributed by atoms with Gasteiger partial charge in [-0.05, 0) is 43.3 Å². The van der Waals surface area contributed by atoms with Crippen LogP contribution in [0.2, 0.25) is 0 Å². The van der Waals surface area contributed by atoms with Crippen LogP contribution in [0.4, 0.5) is 28.7 Å². The topological polar surface area (TPSA) is 119 Å². The average Bonchev–Trinajstić information content (AvgIpc) is 2.68. The Hall–Kier alpha value is -4.01. The van der Waals surface area contributed by atoms with Crippen LogP contribution in [-0.2, 0) is 0 Å². The van der Waals surface area contributed by atoms with Crippen LogP contribution in [0.1, 0.15) is 17.3 Å². The predicted octanol–water partition coefficient (Wildman–Crippen LogP) is 4.08. The molecule has 0 amide bonds. The van der Waals surface area contributed by atoms with E-state index in [1.807, 2.05) is 0 Å². The molecule has 142 valence electrons. The molecule has 3 rings (SSSR count). The van der Waals surface area contributed by atoms with Gasteiger partial charge >= 0.3 is 5.69 Å². The standard InChI is InChI=1S/C19H17N5O4/c1-12(25)13-7-9-14(10-8-13)22-18-17(24(26)27)19(21-11-20-18)23-15-5-3-4-6-16(15)28-2/h3-11H,1-2H3,(H2,20,21,22,23). The first kappa shape index (κ1) is 18.8. The van der Waals surface area contributed by atoms with E-state index in [0.29, 0.717) is 22.7 Å². The van der Waals surface area contributed by atoms with E-state index in [1.54, 1.807) is 48.5 Å². The van der Waals surface area contributed by atoms with Crippen molar-refractivity contribution in [1.82, 2.24) is 9.97 Å². The van der Waals surface area contributed by atoms with Crippen LogP contribution in [-0.4, -0.2) is 27.8 Å². The lowest BCUT2D eigenvalue weighted by atomic mass is 10.1. The Labute approximate surface area is 160 Å². The molecule has 0 aliphatic rings. The van der Waals surface area contributed by atoms with Gasteiger partial charge in [-0.15, -0.1) is 0 Å². The Balaban J connectivity index is 1.95. The van der Waals surface area contributed by atoms with Gasteiger partial charge in [0.2, 0.25) is 11.6 Å². The number of benzene rings is 2. The first-order valence-corrected chi connectivity index (χ1v) is 8.27. The molecule has 0 bridgehead atoms. The molecule has 0 unspecified atom stereocenters. The Kier molecular flexibility index (Phi) is 5.45. The number of nitrogens with one attached hydrogen (secondary N) is 2. The second kappa shape index (κ2) is 8.12. The molecular formula is C19H17N5O4. The van der Waals surface area contributed by atoms with Crippen molar-refractivity contribution in [1.29, 1.82) is 0 Å². The molecule has 0 aliphatic heterocycles. The fraction of sp³-hybridized carbons (Fsp3) is 0.105. The molecule has 2 aromatic carbocycles. The molecule has 0 saturated heterocycles. The summed E-state index contributed by atoms with van der Waals surface area (Å²) in [7, 11) is 1.51. The van der Waals surface area contributed by atoms with Crippen LogP contribution in [0.15, 0.2) is 54.9 Å². The first-order valence-electron chi connectivity index (χ1n) is 8.27. The number of anilines is 4. The van der Waals surface area contributed by atoms with Gasteiger partial charge in [0.05, 0.1) is 17.7 Å². The number of rotatable bonds is 7. The van der Waals surface area contributed by atoms with Crippen molar-refractivity contribution in [3.8, 4) is 5.75 Å². The highest BCUT2D eigenvalue weighted by molar-refractivity contribution is 5.94. The van der Waals surface area contributed by atoms with Gasteiger partial charge in [-0.2, -0.15) is 0 Å². The Morgan fingerprint density at radius 1 is 1.04 bits per heavy atom. The van der Waals surface area contributed by atoms with Gasteiger partial charge in [-0.3, -0.25) is 14.9 Å². The van der Waals surface area contributed by atoms with Gasteiger partial charge < -0.3 is 15.4 Å². The maximum Gasteiger partial charge on any atom is 0.353 e. The highest BCUT2D eigenvalue weighted by Crippen LogP contribution is 2.35. The summed E-state index contributed by atoms with van der Waals surface area (Å²) in [5.74, 6) is 0.493. The molecule has 1 heterocycles. The van der Waals surface area contributed by atoms with E-state index in [9.17, 15) is 14.9 Å². The van der Waals surface area contributed by atoms with Crippen molar-refractivity contribution in [2.45, 2.75) is 6.92 Å². The molecule has 0 spiro atoms. The van der Waals surface area contributed by atoms with E-state index < -0.39 is 4.92 Å². The van der Waals surface area contributed by atoms with Gasteiger partial charge in [0.1, 0.15) is 12.1 Å². The van der Waals surface area contributed by atoms with E-state index >= 15 is 0 Å². The zero-order valence-electron chi connectivity index (χ0n) is 15.2. The van der Waals surface area contributed by atoms with Crippen LogP contribution in [0.25, 0.3) is 0 Å². The number of carbonyl (C=O) groups excluding carboxylic acids is 1. The van der Waals surface area contributed by atoms with E-state index in [2.05, 4.69) is 20.6 Å². The smallest absolute Gasteiger partial charge is 0.353 e. The molecule has 0 radical (unpaired) electrons. The molecule has 3 aromatic rings. The van der Waals surface area contributed by atoms with Crippen molar-refractivity contribution in [3.63, 3.8) is 0 Å². The van der Waals surface area contributed by atoms with Crippen LogP contribution < -0.4 is 15.4 Å². The quantitative estimate of drug-likeness (QED) is 0.358. The van der Waals surface area contributed by atoms with Crippen molar-refractivity contribution in [2.75, 3.05) is 17.7 Å². The Morgan fingerprint density at radius 3 is 2.29 bits per heavy atom. The summed E-state index contributed by atoms with van der Waals surface area (Å²) in [5, 5.41) is 17.5. The van der Waals surface area contributed by atoms with Gasteiger partial charge in [-0.1, -0.05) is 12.1 Å². The molecular weight excluding hydrogens is 362 g/mol. The van der Waals surface area contributed by atoms with Gasteiger partial charge in [0, 0.05) is 11.3 Å². The zero-order chi connectivity index (χ0) is 20.1. The number of hydrogen-bond acceptors (Lipinski definition) is 8. The van der Waals surface area contributed by atoms with Gasteiger partial charge in [-0.25, -0.2) is 9.97 Å². The predicted molar refractivity (Wildman–Crippen MR) is 105 cm³/mol. The Bertz CT molecular complexity index is 1020.